The minimum Gasteiger partial charge on any atom is -0.314 e. The van der Waals surface area contributed by atoms with Crippen LogP contribution in [0.15, 0.2) is 42.5 Å². The maximum absolute atomic E-state index is 3.77. The Balaban J connectivity index is 1.53. The van der Waals surface area contributed by atoms with Gasteiger partial charge in [0.2, 0.25) is 0 Å². The third kappa shape index (κ3) is 2.48. The molecule has 2 aromatic rings. The molecule has 2 aromatic carbocycles. The molecular formula is C20H25N. The lowest BCUT2D eigenvalue weighted by Gasteiger charge is -2.20. The highest BCUT2D eigenvalue weighted by molar-refractivity contribution is 5.83. The Morgan fingerprint density at radius 1 is 1.05 bits per heavy atom. The van der Waals surface area contributed by atoms with Crippen molar-refractivity contribution < 1.29 is 0 Å². The molecule has 1 nitrogen and oxygen atoms in total. The maximum Gasteiger partial charge on any atom is 0.0141 e. The lowest BCUT2D eigenvalue weighted by atomic mass is 9.95. The number of rotatable bonds is 5. The van der Waals surface area contributed by atoms with Gasteiger partial charge in [0, 0.05) is 6.04 Å². The Bertz CT molecular complexity index is 623. The van der Waals surface area contributed by atoms with E-state index in [4.69, 9.17) is 0 Å². The smallest absolute Gasteiger partial charge is 0.0141 e. The summed E-state index contributed by atoms with van der Waals surface area (Å²) in [5.41, 5.74) is 1.49. The lowest BCUT2D eigenvalue weighted by Crippen LogP contribution is -2.34. The van der Waals surface area contributed by atoms with E-state index in [0.717, 1.165) is 24.3 Å². The first-order valence-electron chi connectivity index (χ1n) is 8.58. The third-order valence-electron chi connectivity index (χ3n) is 5.67. The second-order valence-electron chi connectivity index (χ2n) is 6.89. The molecule has 1 heteroatoms. The zero-order valence-corrected chi connectivity index (χ0v) is 12.9. The van der Waals surface area contributed by atoms with E-state index >= 15 is 0 Å². The van der Waals surface area contributed by atoms with Crippen molar-refractivity contribution in [1.82, 2.24) is 5.32 Å². The summed E-state index contributed by atoms with van der Waals surface area (Å²) in [6, 6.07) is 16.4. The Kier molecular flexibility index (Phi) is 3.46. The van der Waals surface area contributed by atoms with Crippen molar-refractivity contribution in [2.75, 3.05) is 6.54 Å². The van der Waals surface area contributed by atoms with Crippen LogP contribution in [0.25, 0.3) is 10.8 Å². The molecule has 110 valence electrons. The molecule has 21 heavy (non-hydrogen) atoms. The van der Waals surface area contributed by atoms with E-state index in [1.165, 1.54) is 42.0 Å². The van der Waals surface area contributed by atoms with Gasteiger partial charge in [0.15, 0.2) is 0 Å². The van der Waals surface area contributed by atoms with Crippen molar-refractivity contribution in [2.24, 2.45) is 17.8 Å². The fourth-order valence-electron chi connectivity index (χ4n) is 4.70. The first kappa shape index (κ1) is 13.3. The molecule has 2 saturated carbocycles. The van der Waals surface area contributed by atoms with Crippen LogP contribution in [0.2, 0.25) is 0 Å². The molecule has 0 radical (unpaired) electrons. The monoisotopic (exact) mass is 279 g/mol. The molecule has 2 aliphatic carbocycles. The topological polar surface area (TPSA) is 12.0 Å². The van der Waals surface area contributed by atoms with Gasteiger partial charge in [-0.25, -0.2) is 0 Å². The summed E-state index contributed by atoms with van der Waals surface area (Å²) in [6.45, 7) is 3.33. The van der Waals surface area contributed by atoms with E-state index in [1.807, 2.05) is 0 Å². The Labute approximate surface area is 127 Å². The van der Waals surface area contributed by atoms with Crippen molar-refractivity contribution in [3.8, 4) is 0 Å². The fourth-order valence-corrected chi connectivity index (χ4v) is 4.70. The lowest BCUT2D eigenvalue weighted by molar-refractivity contribution is 0.411. The summed E-state index contributed by atoms with van der Waals surface area (Å²) in [6.07, 6.45) is 5.63. The highest BCUT2D eigenvalue weighted by Crippen LogP contribution is 2.59. The Morgan fingerprint density at radius 3 is 2.57 bits per heavy atom. The minimum absolute atomic E-state index is 0.687. The van der Waals surface area contributed by atoms with Gasteiger partial charge in [0.1, 0.15) is 0 Å². The highest BCUT2D eigenvalue weighted by Gasteiger charge is 2.55. The predicted octanol–water partition coefficient (Wildman–Crippen LogP) is 4.41. The van der Waals surface area contributed by atoms with Crippen LogP contribution in [0.4, 0.5) is 0 Å². The second kappa shape index (κ2) is 5.46. The first-order chi connectivity index (χ1) is 10.4. The number of hydrogen-bond donors (Lipinski definition) is 1. The van der Waals surface area contributed by atoms with Gasteiger partial charge in [-0.1, -0.05) is 55.8 Å². The second-order valence-corrected chi connectivity index (χ2v) is 6.89. The molecule has 2 fully saturated rings. The summed E-state index contributed by atoms with van der Waals surface area (Å²) in [7, 11) is 0. The van der Waals surface area contributed by atoms with Crippen LogP contribution in [0.1, 0.15) is 31.7 Å². The van der Waals surface area contributed by atoms with Crippen molar-refractivity contribution in [3.05, 3.63) is 48.0 Å². The first-order valence-corrected chi connectivity index (χ1v) is 8.58. The van der Waals surface area contributed by atoms with Crippen LogP contribution in [-0.4, -0.2) is 12.6 Å². The molecule has 3 atom stereocenters. The normalized spacial score (nSPS) is 28.5. The average molecular weight is 279 g/mol. The zero-order chi connectivity index (χ0) is 14.2. The SMILES string of the molecule is CCNC(Cc1ccc2ccccc2c1)C1C2CCCC21. The summed E-state index contributed by atoms with van der Waals surface area (Å²) in [4.78, 5) is 0. The van der Waals surface area contributed by atoms with Crippen LogP contribution in [0, 0.1) is 17.8 Å². The van der Waals surface area contributed by atoms with Gasteiger partial charge in [-0.3, -0.25) is 0 Å². The molecule has 0 aliphatic heterocycles. The largest absolute Gasteiger partial charge is 0.314 e. The molecule has 0 saturated heterocycles. The van der Waals surface area contributed by atoms with E-state index in [1.54, 1.807) is 0 Å². The van der Waals surface area contributed by atoms with E-state index in [2.05, 4.69) is 54.7 Å². The number of fused-ring (bicyclic) bond motifs is 2. The number of benzene rings is 2. The van der Waals surface area contributed by atoms with Gasteiger partial charge < -0.3 is 5.32 Å². The molecular weight excluding hydrogens is 254 g/mol. The fraction of sp³-hybridized carbons (Fsp3) is 0.500. The van der Waals surface area contributed by atoms with Gasteiger partial charge in [0.25, 0.3) is 0 Å². The van der Waals surface area contributed by atoms with E-state index < -0.39 is 0 Å². The molecule has 3 unspecified atom stereocenters. The molecule has 0 spiro atoms. The summed E-state index contributed by atoms with van der Waals surface area (Å²) >= 11 is 0. The van der Waals surface area contributed by atoms with Crippen molar-refractivity contribution >= 4 is 10.8 Å². The van der Waals surface area contributed by atoms with Crippen LogP contribution in [0.5, 0.6) is 0 Å². The van der Waals surface area contributed by atoms with Crippen LogP contribution in [0.3, 0.4) is 0 Å². The molecule has 0 aromatic heterocycles. The summed E-state index contributed by atoms with van der Waals surface area (Å²) < 4.78 is 0. The van der Waals surface area contributed by atoms with Gasteiger partial charge in [0.05, 0.1) is 0 Å². The Hall–Kier alpha value is -1.34. The molecule has 2 aliphatic rings. The van der Waals surface area contributed by atoms with Crippen LogP contribution >= 0.6 is 0 Å². The summed E-state index contributed by atoms with van der Waals surface area (Å²) in [5, 5.41) is 6.50. The maximum atomic E-state index is 3.77. The molecule has 0 amide bonds. The van der Waals surface area contributed by atoms with Crippen molar-refractivity contribution in [3.63, 3.8) is 0 Å². The van der Waals surface area contributed by atoms with E-state index in [0.29, 0.717) is 6.04 Å². The van der Waals surface area contributed by atoms with Gasteiger partial charge in [-0.2, -0.15) is 0 Å². The molecule has 0 heterocycles. The van der Waals surface area contributed by atoms with Crippen LogP contribution in [-0.2, 0) is 6.42 Å². The van der Waals surface area contributed by atoms with E-state index in [9.17, 15) is 0 Å². The Morgan fingerprint density at radius 2 is 1.81 bits per heavy atom. The number of nitrogens with one attached hydrogen (secondary N) is 1. The van der Waals surface area contributed by atoms with Gasteiger partial charge in [-0.05, 0) is 59.9 Å². The van der Waals surface area contributed by atoms with Crippen molar-refractivity contribution in [1.29, 1.82) is 0 Å². The van der Waals surface area contributed by atoms with Crippen molar-refractivity contribution in [2.45, 2.75) is 38.6 Å². The van der Waals surface area contributed by atoms with Crippen LogP contribution < -0.4 is 5.32 Å². The average Bonchev–Trinajstić information content (AvgIpc) is 2.98. The molecule has 4 rings (SSSR count). The van der Waals surface area contributed by atoms with E-state index in [-0.39, 0.29) is 0 Å². The quantitative estimate of drug-likeness (QED) is 0.855. The predicted molar refractivity (Wildman–Crippen MR) is 89.4 cm³/mol. The third-order valence-corrected chi connectivity index (χ3v) is 5.67. The molecule has 1 N–H and O–H groups in total. The van der Waals surface area contributed by atoms with Gasteiger partial charge >= 0.3 is 0 Å². The van der Waals surface area contributed by atoms with Gasteiger partial charge in [-0.15, -0.1) is 0 Å². The zero-order valence-electron chi connectivity index (χ0n) is 12.9. The standard InChI is InChI=1S/C20H25N/c1-2-21-19(20-17-8-5-9-18(17)20)13-14-10-11-15-6-3-4-7-16(15)12-14/h3-4,6-7,10-12,17-21H,2,5,8-9,13H2,1H3. The number of hydrogen-bond acceptors (Lipinski definition) is 1. The summed E-state index contributed by atoms with van der Waals surface area (Å²) in [5.74, 6) is 3.02. The minimum atomic E-state index is 0.687. The molecule has 0 bridgehead atoms. The number of likely N-dealkylation sites (N-methyl/N-ethyl adjacent to an activating group) is 1. The highest BCUT2D eigenvalue weighted by atomic mass is 14.9.